The average molecular weight is 341 g/mol. The zero-order valence-electron chi connectivity index (χ0n) is 15.2. The van der Waals surface area contributed by atoms with Gasteiger partial charge in [-0.1, -0.05) is 19.9 Å². The van der Waals surface area contributed by atoms with E-state index in [0.29, 0.717) is 23.2 Å². The molecular formula is C18H23N5O2. The summed E-state index contributed by atoms with van der Waals surface area (Å²) < 4.78 is 14.6. The molecule has 0 N–H and O–H groups in total. The Hall–Kier alpha value is -2.83. The Morgan fingerprint density at radius 1 is 1.12 bits per heavy atom. The van der Waals surface area contributed by atoms with Crippen LogP contribution in [0.5, 0.6) is 11.5 Å². The highest BCUT2D eigenvalue weighted by molar-refractivity contribution is 5.70. The molecule has 0 aliphatic carbocycles. The third-order valence-corrected chi connectivity index (χ3v) is 3.90. The average Bonchev–Trinajstić information content (AvgIpc) is 3.19. The van der Waals surface area contributed by atoms with Crippen LogP contribution in [0.15, 0.2) is 30.5 Å². The smallest absolute Gasteiger partial charge is 0.171 e. The minimum absolute atomic E-state index is 0.461. The monoisotopic (exact) mass is 341 g/mol. The van der Waals surface area contributed by atoms with E-state index in [1.54, 1.807) is 25.1 Å². The molecule has 25 heavy (non-hydrogen) atoms. The highest BCUT2D eigenvalue weighted by atomic mass is 16.5. The van der Waals surface area contributed by atoms with Crippen molar-refractivity contribution in [3.63, 3.8) is 0 Å². The summed E-state index contributed by atoms with van der Waals surface area (Å²) in [6, 6.07) is 7.64. The number of benzene rings is 1. The number of ether oxygens (including phenoxy) is 2. The van der Waals surface area contributed by atoms with Gasteiger partial charge in [-0.05, 0) is 18.1 Å². The number of para-hydroxylation sites is 1. The summed E-state index contributed by atoms with van der Waals surface area (Å²) >= 11 is 0. The quantitative estimate of drug-likeness (QED) is 0.690. The zero-order valence-corrected chi connectivity index (χ0v) is 15.2. The maximum absolute atomic E-state index is 5.59. The van der Waals surface area contributed by atoms with Crippen LogP contribution in [0.2, 0.25) is 0 Å². The largest absolute Gasteiger partial charge is 0.493 e. The maximum Gasteiger partial charge on any atom is 0.171 e. The van der Waals surface area contributed by atoms with E-state index < -0.39 is 0 Å². The molecule has 0 saturated carbocycles. The van der Waals surface area contributed by atoms with Crippen LogP contribution in [0, 0.1) is 5.92 Å². The minimum Gasteiger partial charge on any atom is -0.493 e. The van der Waals surface area contributed by atoms with Crippen LogP contribution >= 0.6 is 0 Å². The number of hydrogen-bond donors (Lipinski definition) is 0. The Kier molecular flexibility index (Phi) is 4.74. The van der Waals surface area contributed by atoms with Gasteiger partial charge in [0.05, 0.1) is 26.0 Å². The highest BCUT2D eigenvalue weighted by Gasteiger charge is 2.21. The molecule has 0 aliphatic heterocycles. The first-order chi connectivity index (χ1) is 12.0. The van der Waals surface area contributed by atoms with Gasteiger partial charge in [0, 0.05) is 19.5 Å². The van der Waals surface area contributed by atoms with Gasteiger partial charge in [-0.25, -0.2) is 4.98 Å². The fourth-order valence-electron chi connectivity index (χ4n) is 2.78. The Balaban J connectivity index is 2.22. The number of nitrogens with zero attached hydrogens (tertiary/aromatic N) is 5. The normalized spacial score (nSPS) is 11.1. The SMILES string of the molecule is COc1cccc(-c2nc(CC(C)C)nn2-c2ccnn2C)c1OC. The van der Waals surface area contributed by atoms with Crippen molar-refractivity contribution >= 4 is 0 Å². The minimum atomic E-state index is 0.461. The van der Waals surface area contributed by atoms with Crippen LogP contribution in [-0.4, -0.2) is 38.8 Å². The molecule has 0 spiro atoms. The van der Waals surface area contributed by atoms with Gasteiger partial charge in [0.2, 0.25) is 0 Å². The van der Waals surface area contributed by atoms with Crippen molar-refractivity contribution < 1.29 is 9.47 Å². The topological polar surface area (TPSA) is 67.0 Å². The van der Waals surface area contributed by atoms with E-state index in [9.17, 15) is 0 Å². The lowest BCUT2D eigenvalue weighted by molar-refractivity contribution is 0.356. The zero-order chi connectivity index (χ0) is 18.0. The van der Waals surface area contributed by atoms with Crippen LogP contribution < -0.4 is 9.47 Å². The molecule has 7 heteroatoms. The Morgan fingerprint density at radius 3 is 2.52 bits per heavy atom. The Morgan fingerprint density at radius 2 is 1.92 bits per heavy atom. The summed E-state index contributed by atoms with van der Waals surface area (Å²) in [4.78, 5) is 4.78. The van der Waals surface area contributed by atoms with Gasteiger partial charge in [0.25, 0.3) is 0 Å². The fraction of sp³-hybridized carbons (Fsp3) is 0.389. The van der Waals surface area contributed by atoms with Crippen molar-refractivity contribution in [3.05, 3.63) is 36.3 Å². The number of aromatic nitrogens is 5. The molecule has 0 fully saturated rings. The van der Waals surface area contributed by atoms with Gasteiger partial charge < -0.3 is 9.47 Å². The number of hydrogen-bond acceptors (Lipinski definition) is 5. The lowest BCUT2D eigenvalue weighted by Gasteiger charge is -2.12. The fourth-order valence-corrected chi connectivity index (χ4v) is 2.78. The van der Waals surface area contributed by atoms with Gasteiger partial charge in [-0.3, -0.25) is 4.68 Å². The summed E-state index contributed by atoms with van der Waals surface area (Å²) in [6.07, 6.45) is 2.54. The molecule has 0 unspecified atom stereocenters. The molecule has 0 amide bonds. The Labute approximate surface area is 147 Å². The highest BCUT2D eigenvalue weighted by Crippen LogP contribution is 2.37. The molecule has 2 heterocycles. The van der Waals surface area contributed by atoms with Crippen molar-refractivity contribution in [3.8, 4) is 28.7 Å². The number of aryl methyl sites for hydroxylation is 1. The first-order valence-corrected chi connectivity index (χ1v) is 8.20. The van der Waals surface area contributed by atoms with Gasteiger partial charge in [-0.2, -0.15) is 9.78 Å². The molecule has 0 bridgehead atoms. The third-order valence-electron chi connectivity index (χ3n) is 3.90. The van der Waals surface area contributed by atoms with Gasteiger partial charge in [-0.15, -0.1) is 5.10 Å². The molecule has 3 rings (SSSR count). The van der Waals surface area contributed by atoms with E-state index in [2.05, 4.69) is 18.9 Å². The molecule has 0 radical (unpaired) electrons. The summed E-state index contributed by atoms with van der Waals surface area (Å²) in [7, 11) is 5.13. The van der Waals surface area contributed by atoms with Crippen molar-refractivity contribution in [2.75, 3.05) is 14.2 Å². The molecular weight excluding hydrogens is 318 g/mol. The lowest BCUT2D eigenvalue weighted by Crippen LogP contribution is -2.07. The van der Waals surface area contributed by atoms with Crippen LogP contribution in [0.25, 0.3) is 17.2 Å². The van der Waals surface area contributed by atoms with Crippen molar-refractivity contribution in [2.24, 2.45) is 13.0 Å². The predicted molar refractivity (Wildman–Crippen MR) is 95.2 cm³/mol. The van der Waals surface area contributed by atoms with Gasteiger partial charge in [0.1, 0.15) is 0 Å². The molecule has 0 saturated heterocycles. The van der Waals surface area contributed by atoms with Crippen molar-refractivity contribution in [1.82, 2.24) is 24.5 Å². The molecule has 0 aliphatic rings. The molecule has 7 nitrogen and oxygen atoms in total. The predicted octanol–water partition coefficient (Wildman–Crippen LogP) is 2.88. The summed E-state index contributed by atoms with van der Waals surface area (Å²) in [6.45, 7) is 4.30. The van der Waals surface area contributed by atoms with E-state index in [1.165, 1.54) is 0 Å². The summed E-state index contributed by atoms with van der Waals surface area (Å²) in [5, 5.41) is 8.96. The standard InChI is InChI=1S/C18H23N5O2/c1-12(2)11-15-20-18(23(21-15)16-9-10-19-22(16)3)13-7-6-8-14(24-4)17(13)25-5/h6-10,12H,11H2,1-5H3. The number of methoxy groups -OCH3 is 2. The molecule has 3 aromatic rings. The first-order valence-electron chi connectivity index (χ1n) is 8.20. The van der Waals surface area contributed by atoms with Crippen molar-refractivity contribution in [2.45, 2.75) is 20.3 Å². The molecule has 132 valence electrons. The molecule has 0 atom stereocenters. The second-order valence-electron chi connectivity index (χ2n) is 6.22. The van der Waals surface area contributed by atoms with E-state index in [0.717, 1.165) is 23.6 Å². The van der Waals surface area contributed by atoms with Gasteiger partial charge in [0.15, 0.2) is 29.0 Å². The van der Waals surface area contributed by atoms with E-state index in [1.807, 2.05) is 36.0 Å². The van der Waals surface area contributed by atoms with Crippen LogP contribution in [0.1, 0.15) is 19.7 Å². The maximum atomic E-state index is 5.59. The second kappa shape index (κ2) is 6.96. The molecule has 1 aromatic carbocycles. The second-order valence-corrected chi connectivity index (χ2v) is 6.22. The lowest BCUT2D eigenvalue weighted by atomic mass is 10.1. The first kappa shape index (κ1) is 17.0. The third kappa shape index (κ3) is 3.22. The van der Waals surface area contributed by atoms with E-state index in [4.69, 9.17) is 19.6 Å². The van der Waals surface area contributed by atoms with E-state index >= 15 is 0 Å². The van der Waals surface area contributed by atoms with Gasteiger partial charge >= 0.3 is 0 Å². The molecule has 2 aromatic heterocycles. The van der Waals surface area contributed by atoms with E-state index in [-0.39, 0.29) is 0 Å². The van der Waals surface area contributed by atoms with Crippen molar-refractivity contribution in [1.29, 1.82) is 0 Å². The van der Waals surface area contributed by atoms with Crippen LogP contribution in [-0.2, 0) is 13.5 Å². The van der Waals surface area contributed by atoms with Crippen LogP contribution in [0.3, 0.4) is 0 Å². The Bertz CT molecular complexity index is 866. The number of rotatable bonds is 6. The summed E-state index contributed by atoms with van der Waals surface area (Å²) in [5.74, 6) is 4.08. The summed E-state index contributed by atoms with van der Waals surface area (Å²) in [5.41, 5.74) is 0.825. The van der Waals surface area contributed by atoms with Crippen LogP contribution in [0.4, 0.5) is 0 Å².